The van der Waals surface area contributed by atoms with Crippen LogP contribution in [0.2, 0.25) is 0 Å². The van der Waals surface area contributed by atoms with E-state index in [-0.39, 0.29) is 31.1 Å². The summed E-state index contributed by atoms with van der Waals surface area (Å²) in [7, 11) is -3.28. The van der Waals surface area contributed by atoms with E-state index < -0.39 is 16.1 Å². The predicted octanol–water partition coefficient (Wildman–Crippen LogP) is 1.64. The Hall–Kier alpha value is -1.97. The maximum atomic E-state index is 11.7. The van der Waals surface area contributed by atoms with Gasteiger partial charge in [-0.25, -0.2) is 8.42 Å². The number of rotatable bonds is 3. The lowest BCUT2D eigenvalue weighted by molar-refractivity contribution is -0.0185. The lowest BCUT2D eigenvalue weighted by Crippen LogP contribution is -2.41. The van der Waals surface area contributed by atoms with E-state index in [0.29, 0.717) is 12.4 Å². The monoisotopic (exact) mass is 365 g/mol. The van der Waals surface area contributed by atoms with E-state index in [9.17, 15) is 8.42 Å². The Kier molecular flexibility index (Phi) is 4.01. The first-order valence-electron chi connectivity index (χ1n) is 8.09. The van der Waals surface area contributed by atoms with Gasteiger partial charge in [-0.3, -0.25) is 0 Å². The highest BCUT2D eigenvalue weighted by molar-refractivity contribution is 7.88. The summed E-state index contributed by atoms with van der Waals surface area (Å²) in [5, 5.41) is 8.16. The Labute approximate surface area is 145 Å². The van der Waals surface area contributed by atoms with Gasteiger partial charge in [-0.05, 0) is 6.07 Å². The van der Waals surface area contributed by atoms with E-state index in [1.54, 1.807) is 0 Å². The Balaban J connectivity index is 1.53. The molecule has 0 N–H and O–H groups in total. The van der Waals surface area contributed by atoms with Gasteiger partial charge in [-0.15, -0.1) is 10.2 Å². The fourth-order valence-corrected chi connectivity index (χ4v) is 4.01. The zero-order chi connectivity index (χ0) is 17.6. The molecule has 2 aliphatic heterocycles. The van der Waals surface area contributed by atoms with Crippen LogP contribution < -0.4 is 4.74 Å². The second-order valence-electron chi connectivity index (χ2n) is 6.32. The van der Waals surface area contributed by atoms with Crippen LogP contribution >= 0.6 is 0 Å². The normalized spacial score (nSPS) is 27.0. The largest absolute Gasteiger partial charge is 0.480 e. The van der Waals surface area contributed by atoms with Crippen molar-refractivity contribution in [2.24, 2.45) is 0 Å². The summed E-state index contributed by atoms with van der Waals surface area (Å²) in [4.78, 5) is 0. The van der Waals surface area contributed by atoms with Crippen molar-refractivity contribution in [3.05, 3.63) is 41.6 Å². The van der Waals surface area contributed by atoms with Crippen LogP contribution in [0.3, 0.4) is 0 Å². The van der Waals surface area contributed by atoms with Gasteiger partial charge in [-0.1, -0.05) is 25.1 Å². The molecule has 4 rings (SSSR count). The van der Waals surface area contributed by atoms with Gasteiger partial charge in [0.15, 0.2) is 6.10 Å². The maximum absolute atomic E-state index is 11.7. The van der Waals surface area contributed by atoms with Crippen molar-refractivity contribution >= 4 is 10.0 Å². The molecular formula is C16H19N3O5S. The Morgan fingerprint density at radius 2 is 1.96 bits per heavy atom. The molecule has 1 saturated heterocycles. The summed E-state index contributed by atoms with van der Waals surface area (Å²) in [6.45, 7) is 2.83. The average molecular weight is 365 g/mol. The smallest absolute Gasteiger partial charge is 0.257 e. The lowest BCUT2D eigenvalue weighted by atomic mass is 9.98. The Morgan fingerprint density at radius 1 is 1.20 bits per heavy atom. The molecule has 1 fully saturated rings. The average Bonchev–Trinajstić information content (AvgIpc) is 3.20. The minimum Gasteiger partial charge on any atom is -0.480 e. The first kappa shape index (κ1) is 16.5. The van der Waals surface area contributed by atoms with Gasteiger partial charge in [0.25, 0.3) is 5.89 Å². The molecule has 1 aromatic heterocycles. The summed E-state index contributed by atoms with van der Waals surface area (Å²) in [5.41, 5.74) is 1.10. The standard InChI is InChI=1S/C16H19N3O5S/c1-10-11-5-3-4-6-12(11)23-14(10)16-18-17-15(24-16)13-9-19(7-8-22-13)25(2,20)21/h3-6,10,13-14H,7-9H2,1-2H3. The number of para-hydroxylation sites is 1. The van der Waals surface area contributed by atoms with E-state index in [4.69, 9.17) is 13.9 Å². The van der Waals surface area contributed by atoms with Gasteiger partial charge in [0.05, 0.1) is 12.9 Å². The third-order valence-corrected chi connectivity index (χ3v) is 5.86. The van der Waals surface area contributed by atoms with Gasteiger partial charge in [0.1, 0.15) is 11.9 Å². The molecule has 1 aromatic carbocycles. The Bertz CT molecular complexity index is 881. The Morgan fingerprint density at radius 3 is 2.72 bits per heavy atom. The quantitative estimate of drug-likeness (QED) is 0.816. The number of aromatic nitrogens is 2. The summed E-state index contributed by atoms with van der Waals surface area (Å²) in [5.74, 6) is 1.55. The van der Waals surface area contributed by atoms with Crippen LogP contribution in [0.15, 0.2) is 28.7 Å². The third-order valence-electron chi connectivity index (χ3n) is 4.59. The highest BCUT2D eigenvalue weighted by atomic mass is 32.2. The predicted molar refractivity (Wildman–Crippen MR) is 87.6 cm³/mol. The van der Waals surface area contributed by atoms with Crippen molar-refractivity contribution in [2.75, 3.05) is 26.0 Å². The van der Waals surface area contributed by atoms with Crippen molar-refractivity contribution in [1.82, 2.24) is 14.5 Å². The van der Waals surface area contributed by atoms with Crippen molar-refractivity contribution < 1.29 is 22.3 Å². The van der Waals surface area contributed by atoms with Crippen LogP contribution in [0, 0.1) is 0 Å². The van der Waals surface area contributed by atoms with E-state index in [1.807, 2.05) is 31.2 Å². The van der Waals surface area contributed by atoms with Crippen LogP contribution in [0.25, 0.3) is 0 Å². The number of fused-ring (bicyclic) bond motifs is 1. The van der Waals surface area contributed by atoms with Crippen LogP contribution in [0.1, 0.15) is 42.4 Å². The molecule has 0 amide bonds. The highest BCUT2D eigenvalue weighted by Crippen LogP contribution is 2.45. The summed E-state index contributed by atoms with van der Waals surface area (Å²) in [6, 6.07) is 7.82. The number of morpholine rings is 1. The van der Waals surface area contributed by atoms with Gasteiger partial charge < -0.3 is 13.9 Å². The number of ether oxygens (including phenoxy) is 2. The molecule has 8 nitrogen and oxygen atoms in total. The summed E-state index contributed by atoms with van der Waals surface area (Å²) < 4.78 is 42.1. The first-order chi connectivity index (χ1) is 11.9. The number of hydrogen-bond acceptors (Lipinski definition) is 7. The van der Waals surface area contributed by atoms with Crippen molar-refractivity contribution in [3.8, 4) is 5.75 Å². The number of nitrogens with zero attached hydrogens (tertiary/aromatic N) is 3. The molecule has 3 heterocycles. The summed E-state index contributed by atoms with van der Waals surface area (Å²) >= 11 is 0. The van der Waals surface area contributed by atoms with Crippen LogP contribution in [0.4, 0.5) is 0 Å². The molecule has 0 aliphatic carbocycles. The topological polar surface area (TPSA) is 94.8 Å². The highest BCUT2D eigenvalue weighted by Gasteiger charge is 2.37. The van der Waals surface area contributed by atoms with Crippen molar-refractivity contribution in [1.29, 1.82) is 0 Å². The van der Waals surface area contributed by atoms with Crippen molar-refractivity contribution in [3.63, 3.8) is 0 Å². The number of hydrogen-bond donors (Lipinski definition) is 0. The molecule has 0 radical (unpaired) electrons. The van der Waals surface area contributed by atoms with E-state index >= 15 is 0 Å². The first-order valence-corrected chi connectivity index (χ1v) is 9.94. The van der Waals surface area contributed by atoms with Crippen LogP contribution in [-0.2, 0) is 14.8 Å². The molecule has 2 aliphatic rings. The van der Waals surface area contributed by atoms with Gasteiger partial charge in [-0.2, -0.15) is 4.31 Å². The van der Waals surface area contributed by atoms with E-state index in [1.165, 1.54) is 10.6 Å². The number of sulfonamides is 1. The van der Waals surface area contributed by atoms with E-state index in [2.05, 4.69) is 10.2 Å². The molecule has 0 saturated carbocycles. The molecule has 0 bridgehead atoms. The molecular weight excluding hydrogens is 346 g/mol. The molecule has 2 aromatic rings. The third kappa shape index (κ3) is 3.03. The molecule has 0 spiro atoms. The number of benzene rings is 1. The van der Waals surface area contributed by atoms with Gasteiger partial charge in [0, 0.05) is 24.6 Å². The molecule has 25 heavy (non-hydrogen) atoms. The van der Waals surface area contributed by atoms with Gasteiger partial charge >= 0.3 is 0 Å². The molecule has 134 valence electrons. The zero-order valence-corrected chi connectivity index (χ0v) is 14.8. The molecule has 3 atom stereocenters. The van der Waals surface area contributed by atoms with Crippen molar-refractivity contribution in [2.45, 2.75) is 25.0 Å². The minimum absolute atomic E-state index is 0.0873. The second-order valence-corrected chi connectivity index (χ2v) is 8.31. The minimum atomic E-state index is -3.28. The lowest BCUT2D eigenvalue weighted by Gasteiger charge is -2.29. The van der Waals surface area contributed by atoms with Crippen LogP contribution in [-0.4, -0.2) is 48.9 Å². The van der Waals surface area contributed by atoms with Gasteiger partial charge in [0.2, 0.25) is 15.9 Å². The van der Waals surface area contributed by atoms with E-state index in [0.717, 1.165) is 11.3 Å². The molecule has 3 unspecified atom stereocenters. The zero-order valence-electron chi connectivity index (χ0n) is 14.0. The second kappa shape index (κ2) is 6.08. The SMILES string of the molecule is CC1c2ccccc2OC1c1nnc(C2CN(S(C)(=O)=O)CCO2)o1. The fourth-order valence-electron chi connectivity index (χ4n) is 3.20. The maximum Gasteiger partial charge on any atom is 0.257 e. The molecule has 9 heteroatoms. The summed E-state index contributed by atoms with van der Waals surface area (Å²) in [6.07, 6.45) is 0.261. The van der Waals surface area contributed by atoms with Crippen LogP contribution in [0.5, 0.6) is 5.75 Å². The fraction of sp³-hybridized carbons (Fsp3) is 0.500.